The normalized spacial score (nSPS) is 12.8. The number of nitrogens with zero attached hydrogens (tertiary/aromatic N) is 2. The lowest BCUT2D eigenvalue weighted by atomic mass is 9.99. The molecule has 0 spiro atoms. The van der Waals surface area contributed by atoms with Crippen molar-refractivity contribution in [1.29, 1.82) is 0 Å². The lowest BCUT2D eigenvalue weighted by Crippen LogP contribution is -2.18. The number of hydrogen-bond donors (Lipinski definition) is 1. The maximum Gasteiger partial charge on any atom is 0.128 e. The summed E-state index contributed by atoms with van der Waals surface area (Å²) in [5.74, 6) is -0.233. The quantitative estimate of drug-likeness (QED) is 0.794. The van der Waals surface area contributed by atoms with Crippen LogP contribution in [0.5, 0.6) is 0 Å². The van der Waals surface area contributed by atoms with E-state index in [4.69, 9.17) is 0 Å². The number of halogens is 2. The molecule has 3 rings (SSSR count). The predicted octanol–water partition coefficient (Wildman–Crippen LogP) is 3.54. The Morgan fingerprint density at radius 2 is 2.10 bits per heavy atom. The summed E-state index contributed by atoms with van der Waals surface area (Å²) in [6, 6.07) is 10.6. The summed E-state index contributed by atoms with van der Waals surface area (Å²) >= 11 is 3.39. The van der Waals surface area contributed by atoms with Gasteiger partial charge in [0.2, 0.25) is 0 Å². The highest BCUT2D eigenvalue weighted by atomic mass is 79.9. The first-order valence-corrected chi connectivity index (χ1v) is 7.04. The van der Waals surface area contributed by atoms with Crippen LogP contribution in [0.1, 0.15) is 17.2 Å². The molecule has 0 fully saturated rings. The molecule has 0 aliphatic rings. The number of benzene rings is 1. The van der Waals surface area contributed by atoms with Gasteiger partial charge in [0, 0.05) is 21.8 Å². The van der Waals surface area contributed by atoms with Crippen LogP contribution in [-0.2, 0) is 0 Å². The molecule has 0 aliphatic heterocycles. The molecule has 0 radical (unpaired) electrons. The molecule has 0 amide bonds. The minimum atomic E-state index is -0.243. The summed E-state index contributed by atoms with van der Waals surface area (Å²) in [6.45, 7) is 0. The molecule has 0 bridgehead atoms. The van der Waals surface area contributed by atoms with E-state index in [1.165, 1.54) is 6.07 Å². The Labute approximate surface area is 124 Å². The van der Waals surface area contributed by atoms with E-state index in [1.54, 1.807) is 22.8 Å². The summed E-state index contributed by atoms with van der Waals surface area (Å²) in [4.78, 5) is 0. The summed E-state index contributed by atoms with van der Waals surface area (Å²) in [5, 5.41) is 7.47. The number of fused-ring (bicyclic) bond motifs is 1. The van der Waals surface area contributed by atoms with Crippen molar-refractivity contribution in [2.24, 2.45) is 0 Å². The van der Waals surface area contributed by atoms with Gasteiger partial charge in [0.15, 0.2) is 0 Å². The van der Waals surface area contributed by atoms with E-state index in [9.17, 15) is 4.39 Å². The molecular formula is C15H13BrFN3. The Hall–Kier alpha value is -1.72. The molecule has 1 N–H and O–H groups in total. The fraction of sp³-hybridized carbons (Fsp3) is 0.133. The maximum atomic E-state index is 14.1. The molecule has 20 heavy (non-hydrogen) atoms. The van der Waals surface area contributed by atoms with E-state index in [0.717, 1.165) is 15.6 Å². The first kappa shape index (κ1) is 13.3. The zero-order valence-electron chi connectivity index (χ0n) is 10.8. The SMILES string of the molecule is CNC(c1cc(Br)ccc1F)c1cnn2ccccc12. The monoisotopic (exact) mass is 333 g/mol. The molecule has 2 heterocycles. The van der Waals surface area contributed by atoms with E-state index in [-0.39, 0.29) is 11.9 Å². The standard InChI is InChI=1S/C15H13BrFN3/c1-18-15(11-8-10(16)5-6-13(11)17)12-9-19-20-7-3-2-4-14(12)20/h2-9,15,18H,1H3. The van der Waals surface area contributed by atoms with E-state index in [2.05, 4.69) is 26.3 Å². The number of pyridine rings is 1. The van der Waals surface area contributed by atoms with E-state index in [0.29, 0.717) is 5.56 Å². The molecule has 5 heteroatoms. The van der Waals surface area contributed by atoms with Crippen molar-refractivity contribution < 1.29 is 4.39 Å². The van der Waals surface area contributed by atoms with Crippen LogP contribution < -0.4 is 5.32 Å². The third-order valence-corrected chi connectivity index (χ3v) is 3.82. The maximum absolute atomic E-state index is 14.1. The van der Waals surface area contributed by atoms with Gasteiger partial charge in [-0.3, -0.25) is 0 Å². The average molecular weight is 334 g/mol. The highest BCUT2D eigenvalue weighted by Crippen LogP contribution is 2.29. The summed E-state index contributed by atoms with van der Waals surface area (Å²) in [6.07, 6.45) is 3.65. The number of hydrogen-bond acceptors (Lipinski definition) is 2. The van der Waals surface area contributed by atoms with Crippen LogP contribution in [0.25, 0.3) is 5.52 Å². The Kier molecular flexibility index (Phi) is 3.54. The summed E-state index contributed by atoms with van der Waals surface area (Å²) in [5.41, 5.74) is 2.51. The minimum absolute atomic E-state index is 0.233. The zero-order chi connectivity index (χ0) is 14.1. The zero-order valence-corrected chi connectivity index (χ0v) is 12.4. The van der Waals surface area contributed by atoms with Crippen molar-refractivity contribution in [3.8, 4) is 0 Å². The molecule has 0 saturated carbocycles. The number of aromatic nitrogens is 2. The fourth-order valence-electron chi connectivity index (χ4n) is 2.39. The molecule has 3 aromatic rings. The van der Waals surface area contributed by atoms with Crippen LogP contribution in [0, 0.1) is 5.82 Å². The minimum Gasteiger partial charge on any atom is -0.309 e. The molecule has 0 aliphatic carbocycles. The first-order valence-electron chi connectivity index (χ1n) is 6.25. The summed E-state index contributed by atoms with van der Waals surface area (Å²) < 4.78 is 16.8. The Morgan fingerprint density at radius 1 is 1.25 bits per heavy atom. The van der Waals surface area contributed by atoms with Gasteiger partial charge in [-0.2, -0.15) is 5.10 Å². The molecule has 0 saturated heterocycles. The Bertz CT molecular complexity index is 754. The first-order chi connectivity index (χ1) is 9.70. The third kappa shape index (κ3) is 2.23. The van der Waals surface area contributed by atoms with Crippen LogP contribution >= 0.6 is 15.9 Å². The van der Waals surface area contributed by atoms with Crippen molar-refractivity contribution in [3.05, 3.63) is 70.2 Å². The average Bonchev–Trinajstić information content (AvgIpc) is 2.88. The third-order valence-electron chi connectivity index (χ3n) is 3.33. The fourth-order valence-corrected chi connectivity index (χ4v) is 2.77. The summed E-state index contributed by atoms with van der Waals surface area (Å²) in [7, 11) is 1.82. The lowest BCUT2D eigenvalue weighted by Gasteiger charge is -2.17. The molecule has 3 nitrogen and oxygen atoms in total. The second-order valence-corrected chi connectivity index (χ2v) is 5.43. The number of nitrogens with one attached hydrogen (secondary N) is 1. The Balaban J connectivity index is 2.16. The van der Waals surface area contributed by atoms with Crippen LogP contribution in [0.15, 0.2) is 53.3 Å². The second-order valence-electron chi connectivity index (χ2n) is 4.52. The largest absolute Gasteiger partial charge is 0.309 e. The number of rotatable bonds is 3. The van der Waals surface area contributed by atoms with Gasteiger partial charge >= 0.3 is 0 Å². The van der Waals surface area contributed by atoms with Crippen molar-refractivity contribution in [1.82, 2.24) is 14.9 Å². The van der Waals surface area contributed by atoms with Gasteiger partial charge in [-0.15, -0.1) is 0 Å². The van der Waals surface area contributed by atoms with Crippen LogP contribution in [0.3, 0.4) is 0 Å². The van der Waals surface area contributed by atoms with Gasteiger partial charge in [-0.25, -0.2) is 8.91 Å². The molecular weight excluding hydrogens is 321 g/mol. The second kappa shape index (κ2) is 5.34. The molecule has 1 atom stereocenters. The van der Waals surface area contributed by atoms with Crippen molar-refractivity contribution >= 4 is 21.4 Å². The van der Waals surface area contributed by atoms with Gasteiger partial charge in [-0.05, 0) is 37.4 Å². The van der Waals surface area contributed by atoms with E-state index < -0.39 is 0 Å². The highest BCUT2D eigenvalue weighted by Gasteiger charge is 2.20. The topological polar surface area (TPSA) is 29.3 Å². The highest BCUT2D eigenvalue weighted by molar-refractivity contribution is 9.10. The van der Waals surface area contributed by atoms with Gasteiger partial charge in [0.1, 0.15) is 5.82 Å². The van der Waals surface area contributed by atoms with Crippen molar-refractivity contribution in [3.63, 3.8) is 0 Å². The lowest BCUT2D eigenvalue weighted by molar-refractivity contribution is 0.577. The van der Waals surface area contributed by atoms with Crippen LogP contribution in [-0.4, -0.2) is 16.7 Å². The van der Waals surface area contributed by atoms with Crippen LogP contribution in [0.2, 0.25) is 0 Å². The molecule has 2 aromatic heterocycles. The van der Waals surface area contributed by atoms with Gasteiger partial charge in [-0.1, -0.05) is 22.0 Å². The van der Waals surface area contributed by atoms with Crippen molar-refractivity contribution in [2.75, 3.05) is 7.05 Å². The smallest absolute Gasteiger partial charge is 0.128 e. The predicted molar refractivity (Wildman–Crippen MR) is 80.2 cm³/mol. The van der Waals surface area contributed by atoms with E-state index in [1.807, 2.05) is 31.4 Å². The Morgan fingerprint density at radius 3 is 2.90 bits per heavy atom. The van der Waals surface area contributed by atoms with Gasteiger partial charge in [0.25, 0.3) is 0 Å². The van der Waals surface area contributed by atoms with Gasteiger partial charge in [0.05, 0.1) is 17.8 Å². The molecule has 1 unspecified atom stereocenters. The van der Waals surface area contributed by atoms with E-state index >= 15 is 0 Å². The van der Waals surface area contributed by atoms with Crippen LogP contribution in [0.4, 0.5) is 4.39 Å². The molecule has 102 valence electrons. The van der Waals surface area contributed by atoms with Crippen molar-refractivity contribution in [2.45, 2.75) is 6.04 Å². The van der Waals surface area contributed by atoms with Gasteiger partial charge < -0.3 is 5.32 Å². The molecule has 1 aromatic carbocycles.